The molecule has 288 valence electrons. The van der Waals surface area contributed by atoms with E-state index < -0.39 is 0 Å². The Balaban J connectivity index is 1.10. The summed E-state index contributed by atoms with van der Waals surface area (Å²) in [4.78, 5) is 0. The van der Waals surface area contributed by atoms with Crippen LogP contribution in [0.3, 0.4) is 0 Å². The summed E-state index contributed by atoms with van der Waals surface area (Å²) in [5, 5.41) is 3.93. The fourth-order valence-electron chi connectivity index (χ4n) is 11.2. The summed E-state index contributed by atoms with van der Waals surface area (Å²) in [6, 6.07) is 41.1. The maximum absolute atomic E-state index is 6.73. The van der Waals surface area contributed by atoms with Gasteiger partial charge in [-0.1, -0.05) is 48.5 Å². The number of aryl methyl sites for hydroxylation is 3. The number of fused-ring (bicyclic) bond motifs is 12. The second kappa shape index (κ2) is 12.6. The average Bonchev–Trinajstić information content (AvgIpc) is 3.24. The standard InChI is InChI=1S/C48H37B3N4O2S3/c1-25-15-35-46-44(19-25)56-42-13-9-7-11-28(42)49(46)30-21-31-36(23-34(30)52-35)53(58-4)39-16-26(2)17-40-47(39)51(31)33-22-32-37(24-38(33)54(40)59-5)55(60-6)41-18-27(3)20-45-48(41)50(32)29-12-8-10-14-43(29)57-45/h7-24,52H,1-6H3. The van der Waals surface area contributed by atoms with Crippen LogP contribution in [0.1, 0.15) is 16.7 Å². The SMILES string of the molecule is CSN1c2cc3c(cc2B2c4ccccc4Oc4cc(C)cc1c42)B1c2cc4c(cc2N(SC)c2cc(C)cc(c21)N3SC)Nc1cc(C)cc2c1B4c1ccccc1O2. The molecule has 0 radical (unpaired) electrons. The summed E-state index contributed by atoms with van der Waals surface area (Å²) in [6.45, 7) is 6.62. The van der Waals surface area contributed by atoms with Crippen molar-refractivity contribution < 1.29 is 9.47 Å². The Kier molecular flexibility index (Phi) is 7.40. The number of nitrogens with one attached hydrogen (secondary N) is 1. The van der Waals surface area contributed by atoms with Crippen LogP contribution in [0.2, 0.25) is 0 Å². The molecule has 0 bridgehead atoms. The van der Waals surface area contributed by atoms with Crippen LogP contribution in [0, 0.1) is 20.8 Å². The lowest BCUT2D eigenvalue weighted by Crippen LogP contribution is -2.65. The van der Waals surface area contributed by atoms with Gasteiger partial charge in [0, 0.05) is 47.2 Å². The number of anilines is 8. The van der Waals surface area contributed by atoms with Crippen molar-refractivity contribution in [1.29, 1.82) is 0 Å². The number of ether oxygens (including phenoxy) is 2. The molecule has 0 saturated heterocycles. The van der Waals surface area contributed by atoms with Crippen LogP contribution in [0.15, 0.2) is 109 Å². The van der Waals surface area contributed by atoms with Gasteiger partial charge in [0.05, 0.1) is 17.1 Å². The van der Waals surface area contributed by atoms with E-state index in [4.69, 9.17) is 9.47 Å². The van der Waals surface area contributed by atoms with E-state index in [2.05, 4.69) is 167 Å². The number of para-hydroxylation sites is 2. The zero-order chi connectivity index (χ0) is 40.3. The molecule has 60 heavy (non-hydrogen) atoms. The minimum atomic E-state index is -0.00586. The second-order valence-electron chi connectivity index (χ2n) is 16.7. The summed E-state index contributed by atoms with van der Waals surface area (Å²) < 4.78 is 20.8. The van der Waals surface area contributed by atoms with Gasteiger partial charge >= 0.3 is 0 Å². The first-order chi connectivity index (χ1) is 29.3. The molecule has 6 nitrogen and oxygen atoms in total. The van der Waals surface area contributed by atoms with Crippen molar-refractivity contribution in [3.8, 4) is 23.0 Å². The Hall–Kier alpha value is -5.42. The van der Waals surface area contributed by atoms with Crippen LogP contribution in [0.4, 0.5) is 45.5 Å². The Morgan fingerprint density at radius 1 is 0.400 bits per heavy atom. The third kappa shape index (κ3) is 4.59. The molecule has 7 aromatic carbocycles. The Morgan fingerprint density at radius 3 is 1.43 bits per heavy atom. The summed E-state index contributed by atoms with van der Waals surface area (Å²) in [5.74, 6) is 3.76. The van der Waals surface area contributed by atoms with E-state index in [-0.39, 0.29) is 20.1 Å². The molecule has 6 aliphatic heterocycles. The summed E-state index contributed by atoms with van der Waals surface area (Å²) in [6.07, 6.45) is 6.62. The minimum Gasteiger partial charge on any atom is -0.458 e. The van der Waals surface area contributed by atoms with E-state index in [0.717, 1.165) is 34.4 Å². The molecule has 0 amide bonds. The largest absolute Gasteiger partial charge is 0.458 e. The Labute approximate surface area is 364 Å². The number of hydrogen-bond donors (Lipinski definition) is 1. The van der Waals surface area contributed by atoms with E-state index in [0.29, 0.717) is 0 Å². The predicted octanol–water partition coefficient (Wildman–Crippen LogP) is 6.62. The van der Waals surface area contributed by atoms with E-state index in [1.54, 1.807) is 35.8 Å². The fourth-order valence-corrected chi connectivity index (χ4v) is 13.3. The number of hydrogen-bond acceptors (Lipinski definition) is 9. The molecule has 1 N–H and O–H groups in total. The van der Waals surface area contributed by atoms with Gasteiger partial charge < -0.3 is 14.8 Å². The van der Waals surface area contributed by atoms with E-state index in [1.165, 1.54) is 100.0 Å². The predicted molar refractivity (Wildman–Crippen MR) is 264 cm³/mol. The van der Waals surface area contributed by atoms with Gasteiger partial charge in [0.25, 0.3) is 20.1 Å². The normalized spacial score (nSPS) is 14.9. The van der Waals surface area contributed by atoms with Crippen molar-refractivity contribution in [3.05, 3.63) is 126 Å². The smallest absolute Gasteiger partial charge is 0.256 e. The molecule has 6 heterocycles. The van der Waals surface area contributed by atoms with E-state index in [1.807, 2.05) is 0 Å². The van der Waals surface area contributed by atoms with Crippen LogP contribution >= 0.6 is 35.8 Å². The summed E-state index contributed by atoms with van der Waals surface area (Å²) in [7, 11) is 0. The summed E-state index contributed by atoms with van der Waals surface area (Å²) >= 11 is 5.34. The first-order valence-corrected chi connectivity index (χ1v) is 24.0. The topological polar surface area (TPSA) is 40.2 Å². The molecule has 0 aliphatic carbocycles. The van der Waals surface area contributed by atoms with Crippen molar-refractivity contribution in [2.45, 2.75) is 20.8 Å². The molecule has 6 aliphatic rings. The second-order valence-corrected chi connectivity index (χ2v) is 18.9. The third-order valence-electron chi connectivity index (χ3n) is 13.3. The maximum atomic E-state index is 6.73. The van der Waals surface area contributed by atoms with Crippen LogP contribution < -0.4 is 76.9 Å². The average molecular weight is 830 g/mol. The quantitative estimate of drug-likeness (QED) is 0.157. The highest BCUT2D eigenvalue weighted by atomic mass is 32.2. The molecule has 7 aromatic rings. The minimum absolute atomic E-state index is 0.00586. The lowest BCUT2D eigenvalue weighted by Gasteiger charge is -2.45. The maximum Gasteiger partial charge on any atom is 0.256 e. The molecule has 0 unspecified atom stereocenters. The number of benzene rings is 7. The van der Waals surface area contributed by atoms with Gasteiger partial charge in [-0.3, -0.25) is 12.9 Å². The lowest BCUT2D eigenvalue weighted by atomic mass is 9.29. The lowest BCUT2D eigenvalue weighted by molar-refractivity contribution is 0.487. The molecule has 13 rings (SSSR count). The van der Waals surface area contributed by atoms with Crippen molar-refractivity contribution >= 4 is 151 Å². The highest BCUT2D eigenvalue weighted by Crippen LogP contribution is 2.47. The van der Waals surface area contributed by atoms with Gasteiger partial charge in [0.1, 0.15) is 23.0 Å². The molecule has 12 heteroatoms. The zero-order valence-corrected chi connectivity index (χ0v) is 36.5. The molecular formula is C48H37B3N4O2S3. The van der Waals surface area contributed by atoms with Gasteiger partial charge in [0.15, 0.2) is 0 Å². The van der Waals surface area contributed by atoms with Crippen LogP contribution in [-0.2, 0) is 0 Å². The van der Waals surface area contributed by atoms with Crippen molar-refractivity contribution in [3.63, 3.8) is 0 Å². The fraction of sp³-hybridized carbons (Fsp3) is 0.125. The van der Waals surface area contributed by atoms with Crippen LogP contribution in [0.5, 0.6) is 23.0 Å². The Bertz CT molecular complexity index is 3110. The molecular weight excluding hydrogens is 793 g/mol. The molecule has 0 atom stereocenters. The van der Waals surface area contributed by atoms with Gasteiger partial charge in [-0.2, -0.15) is 0 Å². The van der Waals surface area contributed by atoms with Gasteiger partial charge in [-0.05, 0) is 183 Å². The number of nitrogens with zero attached hydrogens (tertiary/aromatic N) is 3. The van der Waals surface area contributed by atoms with E-state index >= 15 is 0 Å². The Morgan fingerprint density at radius 2 is 0.850 bits per heavy atom. The van der Waals surface area contributed by atoms with Crippen molar-refractivity contribution in [1.82, 2.24) is 0 Å². The monoisotopic (exact) mass is 830 g/mol. The highest BCUT2D eigenvalue weighted by Gasteiger charge is 2.48. The molecule has 0 aromatic heterocycles. The van der Waals surface area contributed by atoms with E-state index in [9.17, 15) is 0 Å². The first kappa shape index (κ1) is 35.4. The van der Waals surface area contributed by atoms with Gasteiger partial charge in [0.2, 0.25) is 0 Å². The molecule has 0 spiro atoms. The summed E-state index contributed by atoms with van der Waals surface area (Å²) in [5.41, 5.74) is 24.8. The third-order valence-corrected chi connectivity index (χ3v) is 15.6. The van der Waals surface area contributed by atoms with Crippen LogP contribution in [0.25, 0.3) is 0 Å². The zero-order valence-electron chi connectivity index (χ0n) is 34.0. The number of rotatable bonds is 3. The van der Waals surface area contributed by atoms with Crippen molar-refractivity contribution in [2.75, 3.05) is 37.0 Å². The molecule has 0 fully saturated rings. The van der Waals surface area contributed by atoms with Crippen molar-refractivity contribution in [2.24, 2.45) is 0 Å². The van der Waals surface area contributed by atoms with Crippen LogP contribution in [-0.4, -0.2) is 38.9 Å². The highest BCUT2D eigenvalue weighted by molar-refractivity contribution is 8.01. The van der Waals surface area contributed by atoms with Gasteiger partial charge in [-0.25, -0.2) is 0 Å². The molecule has 0 saturated carbocycles. The van der Waals surface area contributed by atoms with Gasteiger partial charge in [-0.15, -0.1) is 0 Å². The first-order valence-electron chi connectivity index (χ1n) is 20.5.